The van der Waals surface area contributed by atoms with Gasteiger partial charge in [-0.3, -0.25) is 14.9 Å². The Kier molecular flexibility index (Phi) is 5.72. The molecule has 1 aliphatic carbocycles. The number of carbonyl (C=O) groups excluding carboxylic acids is 1. The fourth-order valence-corrected chi connectivity index (χ4v) is 6.34. The van der Waals surface area contributed by atoms with E-state index in [0.29, 0.717) is 28.3 Å². The van der Waals surface area contributed by atoms with Crippen molar-refractivity contribution < 1.29 is 18.1 Å². The Bertz CT molecular complexity index is 1190. The van der Waals surface area contributed by atoms with E-state index in [9.17, 15) is 23.3 Å². The highest BCUT2D eigenvalue weighted by molar-refractivity contribution is 7.88. The van der Waals surface area contributed by atoms with E-state index >= 15 is 0 Å². The summed E-state index contributed by atoms with van der Waals surface area (Å²) in [5, 5.41) is 14.3. The highest BCUT2D eigenvalue weighted by atomic mass is 35.5. The van der Waals surface area contributed by atoms with Crippen molar-refractivity contribution in [3.63, 3.8) is 0 Å². The van der Waals surface area contributed by atoms with Gasteiger partial charge in [-0.25, -0.2) is 8.42 Å². The molecule has 11 heteroatoms. The van der Waals surface area contributed by atoms with Crippen LogP contribution in [-0.2, 0) is 20.6 Å². The summed E-state index contributed by atoms with van der Waals surface area (Å²) in [7, 11) is -3.81. The number of amides is 1. The number of hydrogen-bond acceptors (Lipinski definition) is 5. The first-order valence-electron chi connectivity index (χ1n) is 9.58. The average Bonchev–Trinajstić information content (AvgIpc) is 3.34. The van der Waals surface area contributed by atoms with Crippen LogP contribution in [0.1, 0.15) is 24.0 Å². The van der Waals surface area contributed by atoms with Gasteiger partial charge in [-0.15, -0.1) is 0 Å². The third kappa shape index (κ3) is 4.41. The van der Waals surface area contributed by atoms with Crippen LogP contribution in [0.2, 0.25) is 10.0 Å². The quantitative estimate of drug-likeness (QED) is 0.490. The van der Waals surface area contributed by atoms with E-state index in [1.54, 1.807) is 19.1 Å². The summed E-state index contributed by atoms with van der Waals surface area (Å²) >= 11 is 11.9. The molecule has 31 heavy (non-hydrogen) atoms. The van der Waals surface area contributed by atoms with Gasteiger partial charge in [-0.05, 0) is 48.9 Å². The molecule has 0 unspecified atom stereocenters. The van der Waals surface area contributed by atoms with Gasteiger partial charge in [0.15, 0.2) is 0 Å². The normalized spacial score (nSPS) is 22.7. The monoisotopic (exact) mass is 483 g/mol. The molecule has 2 aliphatic rings. The lowest BCUT2D eigenvalue weighted by Gasteiger charge is -2.26. The molecule has 0 aromatic heterocycles. The molecule has 8 nitrogen and oxygen atoms in total. The van der Waals surface area contributed by atoms with Crippen LogP contribution in [0.15, 0.2) is 36.4 Å². The molecule has 2 aromatic rings. The first-order chi connectivity index (χ1) is 14.6. The molecule has 4 rings (SSSR count). The van der Waals surface area contributed by atoms with Crippen LogP contribution in [0.3, 0.4) is 0 Å². The van der Waals surface area contributed by atoms with Crippen molar-refractivity contribution >= 4 is 50.5 Å². The molecule has 0 radical (unpaired) electrons. The number of rotatable bonds is 6. The lowest BCUT2D eigenvalue weighted by molar-refractivity contribution is -0.384. The van der Waals surface area contributed by atoms with Crippen molar-refractivity contribution in [1.82, 2.24) is 4.31 Å². The van der Waals surface area contributed by atoms with Gasteiger partial charge >= 0.3 is 0 Å². The molecular formula is C20H19Cl2N3O5S. The molecule has 0 spiro atoms. The minimum absolute atomic E-state index is 0.144. The van der Waals surface area contributed by atoms with Gasteiger partial charge in [-0.2, -0.15) is 4.31 Å². The lowest BCUT2D eigenvalue weighted by atomic mass is 10.1. The van der Waals surface area contributed by atoms with Crippen molar-refractivity contribution in [1.29, 1.82) is 0 Å². The fraction of sp³-hybridized carbons (Fsp3) is 0.350. The SMILES string of the molecule is Cc1ccc([N+](=O)[O-])cc1NC(=O)[C@@H]1C[C@@H]2C[C@@H]2N1S(=O)(=O)Cc1ccc(Cl)c(Cl)c1. The van der Waals surface area contributed by atoms with Crippen LogP contribution in [-0.4, -0.2) is 35.6 Å². The summed E-state index contributed by atoms with van der Waals surface area (Å²) in [4.78, 5) is 23.5. The number of piperidine rings is 1. The molecule has 1 saturated carbocycles. The number of sulfonamides is 1. The topological polar surface area (TPSA) is 110 Å². The molecule has 2 aromatic carbocycles. The molecule has 164 valence electrons. The minimum Gasteiger partial charge on any atom is -0.324 e. The second kappa shape index (κ2) is 8.05. The summed E-state index contributed by atoms with van der Waals surface area (Å²) in [6, 6.07) is 7.73. The highest BCUT2D eigenvalue weighted by Crippen LogP contribution is 2.50. The number of hydrogen-bond donors (Lipinski definition) is 1. The van der Waals surface area contributed by atoms with E-state index in [1.165, 1.54) is 28.6 Å². The standard InChI is InChI=1S/C20H19Cl2N3O5S/c1-11-2-4-14(25(27)28)9-17(11)23-20(26)19-8-13-7-18(13)24(19)31(29,30)10-12-3-5-15(21)16(22)6-12/h2-6,9,13,18-19H,7-8,10H2,1H3,(H,23,26)/t13-,18-,19-/m0/s1. The van der Waals surface area contributed by atoms with Gasteiger partial charge in [0.25, 0.3) is 5.69 Å². The summed E-state index contributed by atoms with van der Waals surface area (Å²) in [6.07, 6.45) is 1.14. The Hall–Kier alpha value is -2.20. The van der Waals surface area contributed by atoms with Gasteiger partial charge < -0.3 is 5.32 Å². The fourth-order valence-electron chi connectivity index (χ4n) is 4.03. The Morgan fingerprint density at radius 2 is 1.94 bits per heavy atom. The second-order valence-corrected chi connectivity index (χ2v) is 10.6. The van der Waals surface area contributed by atoms with Crippen molar-refractivity contribution in [3.05, 3.63) is 67.7 Å². The minimum atomic E-state index is -3.81. The Labute approximate surface area is 189 Å². The number of nitro groups is 1. The van der Waals surface area contributed by atoms with Crippen LogP contribution in [0.25, 0.3) is 0 Å². The average molecular weight is 484 g/mol. The van der Waals surface area contributed by atoms with Crippen LogP contribution in [0.4, 0.5) is 11.4 Å². The molecular weight excluding hydrogens is 465 g/mol. The molecule has 1 aliphatic heterocycles. The number of aryl methyl sites for hydroxylation is 1. The number of halogens is 2. The smallest absolute Gasteiger partial charge is 0.271 e. The van der Waals surface area contributed by atoms with E-state index in [-0.39, 0.29) is 28.4 Å². The van der Waals surface area contributed by atoms with Crippen molar-refractivity contribution in [2.45, 2.75) is 37.6 Å². The Morgan fingerprint density at radius 1 is 1.19 bits per heavy atom. The second-order valence-electron chi connectivity index (χ2n) is 7.89. The maximum Gasteiger partial charge on any atom is 0.271 e. The van der Waals surface area contributed by atoms with Crippen molar-refractivity contribution in [3.8, 4) is 0 Å². The molecule has 1 heterocycles. The summed E-state index contributed by atoms with van der Waals surface area (Å²) in [5.41, 5.74) is 1.26. The number of nitro benzene ring substituents is 1. The van der Waals surface area contributed by atoms with E-state index in [0.717, 1.165) is 6.42 Å². The lowest BCUT2D eigenvalue weighted by Crippen LogP contribution is -2.45. The highest BCUT2D eigenvalue weighted by Gasteiger charge is 2.58. The zero-order valence-corrected chi connectivity index (χ0v) is 18.7. The molecule has 1 N–H and O–H groups in total. The summed E-state index contributed by atoms with van der Waals surface area (Å²) in [6.45, 7) is 1.71. The zero-order chi connectivity index (χ0) is 22.5. The maximum absolute atomic E-state index is 13.2. The molecule has 0 bridgehead atoms. The van der Waals surface area contributed by atoms with Gasteiger partial charge in [0, 0.05) is 18.2 Å². The van der Waals surface area contributed by atoms with Crippen molar-refractivity contribution in [2.24, 2.45) is 5.92 Å². The molecule has 3 atom stereocenters. The van der Waals surface area contributed by atoms with Crippen LogP contribution in [0, 0.1) is 23.0 Å². The Balaban J connectivity index is 1.56. The van der Waals surface area contributed by atoms with Crippen LogP contribution in [0.5, 0.6) is 0 Å². The van der Waals surface area contributed by atoms with E-state index in [2.05, 4.69) is 5.32 Å². The third-order valence-corrected chi connectivity index (χ3v) is 8.30. The van der Waals surface area contributed by atoms with Crippen molar-refractivity contribution in [2.75, 3.05) is 5.32 Å². The zero-order valence-electron chi connectivity index (χ0n) is 16.4. The number of carbonyl (C=O) groups is 1. The van der Waals surface area contributed by atoms with Gasteiger partial charge in [0.2, 0.25) is 15.9 Å². The van der Waals surface area contributed by atoms with E-state index < -0.39 is 26.9 Å². The van der Waals surface area contributed by atoms with Gasteiger partial charge in [-0.1, -0.05) is 35.3 Å². The van der Waals surface area contributed by atoms with E-state index in [1.807, 2.05) is 0 Å². The molecule has 1 saturated heterocycles. The number of non-ortho nitro benzene ring substituents is 1. The first-order valence-corrected chi connectivity index (χ1v) is 11.9. The molecule has 2 fully saturated rings. The number of nitrogens with zero attached hydrogens (tertiary/aromatic N) is 2. The summed E-state index contributed by atoms with van der Waals surface area (Å²) in [5.74, 6) is -0.647. The van der Waals surface area contributed by atoms with E-state index in [4.69, 9.17) is 23.2 Å². The van der Waals surface area contributed by atoms with Gasteiger partial charge in [0.05, 0.1) is 26.4 Å². The largest absolute Gasteiger partial charge is 0.324 e. The third-order valence-electron chi connectivity index (χ3n) is 5.69. The maximum atomic E-state index is 13.2. The number of nitrogens with one attached hydrogen (secondary N) is 1. The number of anilines is 1. The molecule has 1 amide bonds. The van der Waals surface area contributed by atoms with Crippen LogP contribution >= 0.6 is 23.2 Å². The van der Waals surface area contributed by atoms with Gasteiger partial charge in [0.1, 0.15) is 6.04 Å². The number of benzene rings is 2. The predicted molar refractivity (Wildman–Crippen MR) is 118 cm³/mol. The predicted octanol–water partition coefficient (Wildman–Crippen LogP) is 4.14. The Morgan fingerprint density at radius 3 is 2.61 bits per heavy atom. The summed E-state index contributed by atoms with van der Waals surface area (Å²) < 4.78 is 27.7. The number of fused-ring (bicyclic) bond motifs is 1. The van der Waals surface area contributed by atoms with Crippen LogP contribution < -0.4 is 5.32 Å². The first kappa shape index (κ1) is 22.0.